The zero-order valence-electron chi connectivity index (χ0n) is 10.7. The third-order valence-electron chi connectivity index (χ3n) is 3.44. The van der Waals surface area contributed by atoms with E-state index >= 15 is 0 Å². The van der Waals surface area contributed by atoms with E-state index in [0.717, 1.165) is 18.6 Å². The molecule has 16 heavy (non-hydrogen) atoms. The number of carbonyl (C=O) groups is 1. The van der Waals surface area contributed by atoms with Crippen molar-refractivity contribution in [1.82, 2.24) is 5.32 Å². The van der Waals surface area contributed by atoms with Gasteiger partial charge in [-0.25, -0.2) is 0 Å². The molecule has 0 radical (unpaired) electrons. The normalized spacial score (nSPS) is 22.9. The summed E-state index contributed by atoms with van der Waals surface area (Å²) in [4.78, 5) is 12.0. The minimum Gasteiger partial charge on any atom is -0.388 e. The van der Waals surface area contributed by atoms with Crippen LogP contribution in [0.15, 0.2) is 0 Å². The van der Waals surface area contributed by atoms with Gasteiger partial charge in [0, 0.05) is 0 Å². The van der Waals surface area contributed by atoms with Gasteiger partial charge in [-0.15, -0.1) is 11.8 Å². The van der Waals surface area contributed by atoms with Crippen molar-refractivity contribution in [2.75, 3.05) is 5.75 Å². The Morgan fingerprint density at radius 1 is 1.31 bits per heavy atom. The van der Waals surface area contributed by atoms with Crippen LogP contribution in [0.25, 0.3) is 0 Å². The van der Waals surface area contributed by atoms with Gasteiger partial charge in [0.15, 0.2) is 0 Å². The largest absolute Gasteiger partial charge is 0.388 e. The van der Waals surface area contributed by atoms with E-state index in [9.17, 15) is 9.90 Å². The lowest BCUT2D eigenvalue weighted by molar-refractivity contribution is -0.125. The first-order valence-corrected chi connectivity index (χ1v) is 6.95. The third-order valence-corrected chi connectivity index (χ3v) is 4.81. The summed E-state index contributed by atoms with van der Waals surface area (Å²) < 4.78 is 0. The number of nitrogens with one attached hydrogen (secondary N) is 1. The molecule has 1 amide bonds. The molecule has 3 nitrogen and oxygen atoms in total. The molecule has 0 spiro atoms. The number of thioether (sulfide) groups is 1. The molecule has 1 saturated heterocycles. The maximum atomic E-state index is 12.0. The van der Waals surface area contributed by atoms with Crippen LogP contribution in [0.4, 0.5) is 0 Å². The molecule has 0 aromatic carbocycles. The number of hydrogen-bond donors (Lipinski definition) is 2. The summed E-state index contributed by atoms with van der Waals surface area (Å²) >= 11 is 1.73. The van der Waals surface area contributed by atoms with E-state index in [0.29, 0.717) is 0 Å². The molecular weight excluding hydrogens is 222 g/mol. The number of aliphatic hydroxyl groups is 1. The van der Waals surface area contributed by atoms with Crippen molar-refractivity contribution in [3.05, 3.63) is 0 Å². The van der Waals surface area contributed by atoms with E-state index in [2.05, 4.69) is 5.32 Å². The van der Waals surface area contributed by atoms with Gasteiger partial charge in [-0.2, -0.15) is 0 Å². The van der Waals surface area contributed by atoms with E-state index in [4.69, 9.17) is 0 Å². The average molecular weight is 245 g/mol. The molecule has 1 aliphatic heterocycles. The van der Waals surface area contributed by atoms with Crippen molar-refractivity contribution in [3.8, 4) is 0 Å². The summed E-state index contributed by atoms with van der Waals surface area (Å²) in [6.07, 6.45) is 3.30. The molecule has 0 aromatic heterocycles. The Morgan fingerprint density at radius 2 is 1.94 bits per heavy atom. The van der Waals surface area contributed by atoms with E-state index in [1.165, 1.54) is 6.42 Å². The smallest absolute Gasteiger partial charge is 0.233 e. The van der Waals surface area contributed by atoms with Crippen molar-refractivity contribution >= 4 is 17.7 Å². The van der Waals surface area contributed by atoms with Crippen LogP contribution in [0.5, 0.6) is 0 Å². The lowest BCUT2D eigenvalue weighted by atomic mass is 9.86. The van der Waals surface area contributed by atoms with Crippen LogP contribution >= 0.6 is 11.8 Å². The SMILES string of the molecule is CC(C)(O)C(C)(C)NC(=O)C1CCCCS1. The second-order valence-corrected chi connectivity index (χ2v) is 6.84. The average Bonchev–Trinajstić information content (AvgIpc) is 2.16. The Kier molecular flexibility index (Phi) is 4.29. The molecular formula is C12H23NO2S. The van der Waals surface area contributed by atoms with E-state index in [1.807, 2.05) is 13.8 Å². The molecule has 1 heterocycles. The van der Waals surface area contributed by atoms with Crippen molar-refractivity contribution in [2.45, 2.75) is 63.3 Å². The van der Waals surface area contributed by atoms with Crippen LogP contribution in [-0.2, 0) is 4.79 Å². The fourth-order valence-corrected chi connectivity index (χ4v) is 2.69. The topological polar surface area (TPSA) is 49.3 Å². The van der Waals surface area contributed by atoms with E-state index in [1.54, 1.807) is 25.6 Å². The van der Waals surface area contributed by atoms with Crippen molar-refractivity contribution in [3.63, 3.8) is 0 Å². The summed E-state index contributed by atoms with van der Waals surface area (Å²) in [5, 5.41) is 13.0. The fourth-order valence-electron chi connectivity index (χ4n) is 1.49. The quantitative estimate of drug-likeness (QED) is 0.799. The first-order valence-electron chi connectivity index (χ1n) is 5.90. The highest BCUT2D eigenvalue weighted by Crippen LogP contribution is 2.27. The Morgan fingerprint density at radius 3 is 2.38 bits per heavy atom. The Hall–Kier alpha value is -0.220. The van der Waals surface area contributed by atoms with Crippen LogP contribution in [0.3, 0.4) is 0 Å². The minimum atomic E-state index is -0.915. The van der Waals surface area contributed by atoms with Crippen LogP contribution in [0, 0.1) is 0 Å². The Labute approximate surface area is 102 Å². The van der Waals surface area contributed by atoms with Gasteiger partial charge in [-0.3, -0.25) is 4.79 Å². The molecule has 94 valence electrons. The third kappa shape index (κ3) is 3.39. The number of amides is 1. The predicted octanol–water partition coefficient (Wildman–Crippen LogP) is 1.94. The van der Waals surface area contributed by atoms with Crippen LogP contribution < -0.4 is 5.32 Å². The summed E-state index contributed by atoms with van der Waals surface area (Å²) in [6.45, 7) is 7.17. The summed E-state index contributed by atoms with van der Waals surface area (Å²) in [5.74, 6) is 1.14. The van der Waals surface area contributed by atoms with Gasteiger partial charge in [-0.1, -0.05) is 6.42 Å². The van der Waals surface area contributed by atoms with Gasteiger partial charge in [0.25, 0.3) is 0 Å². The zero-order chi connectivity index (χ0) is 12.4. The van der Waals surface area contributed by atoms with Gasteiger partial charge in [0.2, 0.25) is 5.91 Å². The fraction of sp³-hybridized carbons (Fsp3) is 0.917. The van der Waals surface area contributed by atoms with E-state index in [-0.39, 0.29) is 11.2 Å². The molecule has 1 rings (SSSR count). The highest BCUT2D eigenvalue weighted by molar-refractivity contribution is 8.00. The van der Waals surface area contributed by atoms with Gasteiger partial charge < -0.3 is 10.4 Å². The molecule has 1 fully saturated rings. The highest BCUT2D eigenvalue weighted by atomic mass is 32.2. The first kappa shape index (κ1) is 13.8. The molecule has 0 saturated carbocycles. The maximum absolute atomic E-state index is 12.0. The highest BCUT2D eigenvalue weighted by Gasteiger charge is 2.37. The minimum absolute atomic E-state index is 0.0652. The summed E-state index contributed by atoms with van der Waals surface area (Å²) in [7, 11) is 0. The van der Waals surface area contributed by atoms with Crippen LogP contribution in [0.2, 0.25) is 0 Å². The first-order chi connectivity index (χ1) is 7.24. The van der Waals surface area contributed by atoms with E-state index < -0.39 is 11.1 Å². The summed E-state index contributed by atoms with van der Waals surface area (Å²) in [6, 6.07) is 0. The van der Waals surface area contributed by atoms with Gasteiger partial charge in [-0.05, 0) is 46.3 Å². The van der Waals surface area contributed by atoms with Crippen LogP contribution in [0.1, 0.15) is 47.0 Å². The molecule has 1 atom stereocenters. The zero-order valence-corrected chi connectivity index (χ0v) is 11.5. The van der Waals surface area contributed by atoms with Crippen molar-refractivity contribution in [1.29, 1.82) is 0 Å². The number of hydrogen-bond acceptors (Lipinski definition) is 3. The molecule has 2 N–H and O–H groups in total. The number of rotatable bonds is 3. The molecule has 1 aliphatic rings. The molecule has 1 unspecified atom stereocenters. The lowest BCUT2D eigenvalue weighted by Gasteiger charge is -2.39. The van der Waals surface area contributed by atoms with Crippen molar-refractivity contribution < 1.29 is 9.90 Å². The Balaban J connectivity index is 2.56. The monoisotopic (exact) mass is 245 g/mol. The van der Waals surface area contributed by atoms with Crippen LogP contribution in [-0.4, -0.2) is 33.2 Å². The van der Waals surface area contributed by atoms with Gasteiger partial charge in [0.05, 0.1) is 16.4 Å². The molecule has 0 bridgehead atoms. The van der Waals surface area contributed by atoms with Gasteiger partial charge in [0.1, 0.15) is 0 Å². The van der Waals surface area contributed by atoms with Gasteiger partial charge >= 0.3 is 0 Å². The lowest BCUT2D eigenvalue weighted by Crippen LogP contribution is -2.59. The molecule has 0 aromatic rings. The second kappa shape index (κ2) is 4.96. The standard InChI is InChI=1S/C12H23NO2S/c1-11(2,12(3,4)15)13-10(14)9-7-5-6-8-16-9/h9,15H,5-8H2,1-4H3,(H,13,14). The Bertz CT molecular complexity index is 252. The van der Waals surface area contributed by atoms with Crippen molar-refractivity contribution in [2.24, 2.45) is 0 Å². The predicted molar refractivity (Wildman–Crippen MR) is 68.6 cm³/mol. The number of carbonyl (C=O) groups excluding carboxylic acids is 1. The molecule has 0 aliphatic carbocycles. The summed E-state index contributed by atoms with van der Waals surface area (Å²) in [5.41, 5.74) is -1.51. The molecule has 4 heteroatoms. The maximum Gasteiger partial charge on any atom is 0.233 e. The second-order valence-electron chi connectivity index (χ2n) is 5.53.